The number of Topliss-reactive ketones (excluding diaryl/α,β-unsaturated/α-hetero) is 1. The molecule has 5 heteroatoms. The van der Waals surface area contributed by atoms with Gasteiger partial charge in [-0.15, -0.1) is 0 Å². The van der Waals surface area contributed by atoms with E-state index >= 15 is 0 Å². The van der Waals surface area contributed by atoms with Gasteiger partial charge in [0, 0.05) is 16.7 Å². The maximum atomic E-state index is 13.1. The Kier molecular flexibility index (Phi) is 5.10. The SMILES string of the molecule is N#Cc1ccccc1-c1ccccc1C(=O)O/N=C1/C(=O)c2ccccc2-c2ccccc21. The number of nitrogens with zero attached hydrogens (tertiary/aromatic N) is 2. The zero-order chi connectivity index (χ0) is 22.8. The van der Waals surface area contributed by atoms with E-state index < -0.39 is 5.97 Å². The van der Waals surface area contributed by atoms with Crippen LogP contribution in [0.2, 0.25) is 0 Å². The molecular formula is C28H16N2O3. The summed E-state index contributed by atoms with van der Waals surface area (Å²) in [4.78, 5) is 31.5. The summed E-state index contributed by atoms with van der Waals surface area (Å²) in [6, 6.07) is 30.7. The van der Waals surface area contributed by atoms with E-state index in [1.807, 2.05) is 30.3 Å². The molecule has 0 bridgehead atoms. The molecule has 1 aliphatic carbocycles. The molecule has 156 valence electrons. The maximum absolute atomic E-state index is 13.1. The monoisotopic (exact) mass is 428 g/mol. The van der Waals surface area contributed by atoms with Crippen LogP contribution in [0.25, 0.3) is 22.3 Å². The lowest BCUT2D eigenvalue weighted by Crippen LogP contribution is -2.23. The summed E-state index contributed by atoms with van der Waals surface area (Å²) >= 11 is 0. The predicted molar refractivity (Wildman–Crippen MR) is 125 cm³/mol. The largest absolute Gasteiger partial charge is 0.366 e. The van der Waals surface area contributed by atoms with Gasteiger partial charge in [0.1, 0.15) is 0 Å². The van der Waals surface area contributed by atoms with Crippen LogP contribution in [0.15, 0.2) is 102 Å². The average Bonchev–Trinajstić information content (AvgIpc) is 2.88. The molecule has 0 fully saturated rings. The Bertz CT molecular complexity index is 1500. The molecule has 0 atom stereocenters. The zero-order valence-corrected chi connectivity index (χ0v) is 17.4. The molecule has 0 spiro atoms. The summed E-state index contributed by atoms with van der Waals surface area (Å²) in [5.41, 5.74) is 4.74. The third-order valence-corrected chi connectivity index (χ3v) is 5.56. The Balaban J connectivity index is 1.54. The summed E-state index contributed by atoms with van der Waals surface area (Å²) < 4.78 is 0. The molecule has 0 aromatic heterocycles. The van der Waals surface area contributed by atoms with Crippen LogP contribution in [0.3, 0.4) is 0 Å². The first kappa shape index (κ1) is 20.1. The van der Waals surface area contributed by atoms with Crippen LogP contribution >= 0.6 is 0 Å². The lowest BCUT2D eigenvalue weighted by Gasteiger charge is -2.19. The van der Waals surface area contributed by atoms with Crippen molar-refractivity contribution in [3.63, 3.8) is 0 Å². The molecule has 33 heavy (non-hydrogen) atoms. The topological polar surface area (TPSA) is 79.5 Å². The van der Waals surface area contributed by atoms with E-state index in [0.29, 0.717) is 27.8 Å². The number of oxime groups is 1. The molecule has 4 aromatic carbocycles. The van der Waals surface area contributed by atoms with Crippen molar-refractivity contribution < 1.29 is 14.4 Å². The first-order chi connectivity index (χ1) is 16.2. The lowest BCUT2D eigenvalue weighted by molar-refractivity contribution is 0.0517. The number of fused-ring (bicyclic) bond motifs is 3. The molecule has 0 aliphatic heterocycles. The van der Waals surface area contributed by atoms with Gasteiger partial charge in [0.25, 0.3) is 0 Å². The van der Waals surface area contributed by atoms with Crippen molar-refractivity contribution in [3.8, 4) is 28.3 Å². The second-order valence-corrected chi connectivity index (χ2v) is 7.44. The summed E-state index contributed by atoms with van der Waals surface area (Å²) in [5, 5.41) is 13.5. The molecule has 0 saturated carbocycles. The standard InChI is InChI=1S/C28H16N2O3/c29-17-18-9-1-2-10-19(18)20-11-5-8-16-25(20)28(32)33-30-26-23-14-6-3-12-21(23)22-13-4-7-15-24(22)27(26)31/h1-16H/b30-26+. The van der Waals surface area contributed by atoms with Gasteiger partial charge >= 0.3 is 5.97 Å². The van der Waals surface area contributed by atoms with Gasteiger partial charge < -0.3 is 4.84 Å². The smallest absolute Gasteiger partial charge is 0.312 e. The number of nitriles is 1. The first-order valence-electron chi connectivity index (χ1n) is 10.3. The average molecular weight is 428 g/mol. The van der Waals surface area contributed by atoms with Crippen LogP contribution in [-0.4, -0.2) is 17.5 Å². The number of hydrogen-bond acceptors (Lipinski definition) is 5. The van der Waals surface area contributed by atoms with Gasteiger partial charge in [0.05, 0.1) is 17.2 Å². The van der Waals surface area contributed by atoms with Crippen molar-refractivity contribution in [1.82, 2.24) is 0 Å². The molecule has 4 aromatic rings. The second kappa shape index (κ2) is 8.37. The number of carbonyl (C=O) groups excluding carboxylic acids is 2. The van der Waals surface area contributed by atoms with Crippen LogP contribution in [0.1, 0.15) is 31.8 Å². The van der Waals surface area contributed by atoms with E-state index in [0.717, 1.165) is 11.1 Å². The fraction of sp³-hybridized carbons (Fsp3) is 0. The highest BCUT2D eigenvalue weighted by Gasteiger charge is 2.29. The molecule has 0 N–H and O–H groups in total. The van der Waals surface area contributed by atoms with Crippen molar-refractivity contribution >= 4 is 17.5 Å². The van der Waals surface area contributed by atoms with Gasteiger partial charge in [-0.2, -0.15) is 5.26 Å². The van der Waals surface area contributed by atoms with E-state index in [-0.39, 0.29) is 17.1 Å². The highest BCUT2D eigenvalue weighted by atomic mass is 16.7. The van der Waals surface area contributed by atoms with Gasteiger partial charge in [-0.3, -0.25) is 4.79 Å². The summed E-state index contributed by atoms with van der Waals surface area (Å²) in [7, 11) is 0. The molecule has 5 rings (SSSR count). The quantitative estimate of drug-likeness (QED) is 0.312. The van der Waals surface area contributed by atoms with E-state index in [4.69, 9.17) is 4.84 Å². The van der Waals surface area contributed by atoms with E-state index in [9.17, 15) is 14.9 Å². The summed E-state index contributed by atoms with van der Waals surface area (Å²) in [5.74, 6) is -1.02. The van der Waals surface area contributed by atoms with Crippen LogP contribution in [-0.2, 0) is 4.84 Å². The Morgan fingerprint density at radius 2 is 1.18 bits per heavy atom. The molecule has 0 amide bonds. The Hall–Kier alpha value is -4.82. The predicted octanol–water partition coefficient (Wildman–Crippen LogP) is 5.65. The Labute approximate surface area is 190 Å². The summed E-state index contributed by atoms with van der Waals surface area (Å²) in [6.07, 6.45) is 0. The van der Waals surface area contributed by atoms with E-state index in [1.165, 1.54) is 0 Å². The molecule has 0 unspecified atom stereocenters. The molecule has 5 nitrogen and oxygen atoms in total. The molecular weight excluding hydrogens is 412 g/mol. The minimum atomic E-state index is -0.713. The van der Waals surface area contributed by atoms with Gasteiger partial charge in [0.15, 0.2) is 5.71 Å². The van der Waals surface area contributed by atoms with Gasteiger partial charge in [-0.1, -0.05) is 90.1 Å². The highest BCUT2D eigenvalue weighted by Crippen LogP contribution is 2.34. The molecule has 0 heterocycles. The minimum Gasteiger partial charge on any atom is -0.312 e. The number of benzene rings is 4. The minimum absolute atomic E-state index is 0.0764. The van der Waals surface area contributed by atoms with Gasteiger partial charge in [-0.05, 0) is 28.8 Å². The molecule has 0 saturated heterocycles. The number of ketones is 1. The zero-order valence-electron chi connectivity index (χ0n) is 17.4. The van der Waals surface area contributed by atoms with Crippen LogP contribution in [0.4, 0.5) is 0 Å². The maximum Gasteiger partial charge on any atom is 0.366 e. The van der Waals surface area contributed by atoms with Crippen LogP contribution in [0, 0.1) is 11.3 Å². The van der Waals surface area contributed by atoms with E-state index in [2.05, 4.69) is 11.2 Å². The molecule has 1 aliphatic rings. The van der Waals surface area contributed by atoms with Crippen molar-refractivity contribution in [2.45, 2.75) is 0 Å². The molecule has 0 radical (unpaired) electrons. The first-order valence-corrected chi connectivity index (χ1v) is 10.3. The van der Waals surface area contributed by atoms with Crippen LogP contribution < -0.4 is 0 Å². The highest BCUT2D eigenvalue weighted by molar-refractivity contribution is 6.54. The third kappa shape index (κ3) is 3.50. The number of hydrogen-bond donors (Lipinski definition) is 0. The Morgan fingerprint density at radius 3 is 1.88 bits per heavy atom. The van der Waals surface area contributed by atoms with Crippen LogP contribution in [0.5, 0.6) is 0 Å². The normalized spacial score (nSPS) is 13.1. The third-order valence-electron chi connectivity index (χ3n) is 5.56. The van der Waals surface area contributed by atoms with Gasteiger partial charge in [0.2, 0.25) is 5.78 Å². The fourth-order valence-corrected chi connectivity index (χ4v) is 4.03. The number of rotatable bonds is 3. The summed E-state index contributed by atoms with van der Waals surface area (Å²) in [6.45, 7) is 0. The van der Waals surface area contributed by atoms with Crippen molar-refractivity contribution in [2.75, 3.05) is 0 Å². The Morgan fingerprint density at radius 1 is 0.667 bits per heavy atom. The number of carbonyl (C=O) groups is 2. The second-order valence-electron chi connectivity index (χ2n) is 7.44. The van der Waals surface area contributed by atoms with Crippen molar-refractivity contribution in [2.24, 2.45) is 5.16 Å². The van der Waals surface area contributed by atoms with Crippen molar-refractivity contribution in [1.29, 1.82) is 5.26 Å². The fourth-order valence-electron chi connectivity index (χ4n) is 4.03. The van der Waals surface area contributed by atoms with E-state index in [1.54, 1.807) is 66.7 Å². The van der Waals surface area contributed by atoms with Crippen molar-refractivity contribution in [3.05, 3.63) is 119 Å². The lowest BCUT2D eigenvalue weighted by atomic mass is 9.83. The van der Waals surface area contributed by atoms with Gasteiger partial charge in [-0.25, -0.2) is 4.79 Å².